The summed E-state index contributed by atoms with van der Waals surface area (Å²) < 4.78 is 25.5. The summed E-state index contributed by atoms with van der Waals surface area (Å²) in [5, 5.41) is -1.18. The zero-order valence-electron chi connectivity index (χ0n) is 5.48. The highest BCUT2D eigenvalue weighted by molar-refractivity contribution is 6.65. The molecule has 1 nitrogen and oxygen atoms in total. The van der Waals surface area contributed by atoms with Gasteiger partial charge in [0.05, 0.1) is 0 Å². The maximum atomic E-state index is 13.1. The summed E-state index contributed by atoms with van der Waals surface area (Å²) in [4.78, 5) is 10.4. The first-order valence-corrected chi connectivity index (χ1v) is 3.35. The second-order valence-corrected chi connectivity index (χ2v) is 2.63. The summed E-state index contributed by atoms with van der Waals surface area (Å²) in [5.41, 5.74) is -2.35. The van der Waals surface area contributed by atoms with Crippen LogP contribution in [0, 0.1) is 0 Å². The molecule has 0 heterocycles. The molecule has 0 saturated carbocycles. The van der Waals surface area contributed by atoms with Gasteiger partial charge in [0.1, 0.15) is 5.83 Å². The lowest BCUT2D eigenvalue weighted by Gasteiger charge is -2.17. The Bertz CT molecular complexity index is 247. The number of hydrogen-bond donors (Lipinski definition) is 0. The Hall–Kier alpha value is -0.700. The van der Waals surface area contributed by atoms with Crippen LogP contribution < -0.4 is 0 Å². The quantitative estimate of drug-likeness (QED) is 0.563. The van der Waals surface area contributed by atoms with E-state index in [1.807, 2.05) is 0 Å². The number of carbonyl (C=O) groups excluding carboxylic acids is 1. The van der Waals surface area contributed by atoms with E-state index in [1.54, 1.807) is 0 Å². The minimum Gasteiger partial charge on any atom is -0.277 e. The van der Waals surface area contributed by atoms with Gasteiger partial charge in [0.15, 0.2) is 0 Å². The monoisotopic (exact) mass is 178 g/mol. The van der Waals surface area contributed by atoms with Crippen LogP contribution in [-0.2, 0) is 4.79 Å². The summed E-state index contributed by atoms with van der Waals surface area (Å²) in [5.74, 6) is -0.677. The highest BCUT2D eigenvalue weighted by Crippen LogP contribution is 2.29. The van der Waals surface area contributed by atoms with Crippen LogP contribution in [0.5, 0.6) is 0 Å². The fourth-order valence-electron chi connectivity index (χ4n) is 0.804. The van der Waals surface area contributed by atoms with Crippen molar-refractivity contribution < 1.29 is 13.6 Å². The molecule has 0 bridgehead atoms. The topological polar surface area (TPSA) is 17.1 Å². The van der Waals surface area contributed by atoms with E-state index in [1.165, 1.54) is 0 Å². The molecule has 0 amide bonds. The molecule has 1 unspecified atom stereocenters. The summed E-state index contributed by atoms with van der Waals surface area (Å²) in [7, 11) is 0. The van der Waals surface area contributed by atoms with Gasteiger partial charge in [-0.1, -0.05) is 6.08 Å². The molecule has 0 fully saturated rings. The molecule has 1 aliphatic rings. The van der Waals surface area contributed by atoms with Gasteiger partial charge < -0.3 is 0 Å². The smallest absolute Gasteiger partial charge is 0.263 e. The van der Waals surface area contributed by atoms with Crippen LogP contribution >= 0.6 is 11.6 Å². The molecule has 0 saturated heterocycles. The Morgan fingerprint density at radius 1 is 1.73 bits per heavy atom. The molecule has 1 aliphatic carbocycles. The standard InChI is InChI=1S/C7H5ClF2O/c8-6(11)7(10)3-1-2-5(9)4-7/h1-3H,4H2. The second kappa shape index (κ2) is 2.74. The van der Waals surface area contributed by atoms with E-state index in [2.05, 4.69) is 0 Å². The molecule has 4 heteroatoms. The van der Waals surface area contributed by atoms with Crippen LogP contribution in [0.25, 0.3) is 0 Å². The molecule has 0 aromatic heterocycles. The molecule has 11 heavy (non-hydrogen) atoms. The van der Waals surface area contributed by atoms with E-state index < -0.39 is 23.2 Å². The number of halogens is 3. The molecule has 60 valence electrons. The number of hydrogen-bond acceptors (Lipinski definition) is 1. The predicted molar refractivity (Wildman–Crippen MR) is 37.6 cm³/mol. The summed E-state index contributed by atoms with van der Waals surface area (Å²) in [6.07, 6.45) is 2.59. The molecule has 1 rings (SSSR count). The lowest BCUT2D eigenvalue weighted by Crippen LogP contribution is -2.28. The van der Waals surface area contributed by atoms with Crippen LogP contribution in [0.1, 0.15) is 6.42 Å². The van der Waals surface area contributed by atoms with Crippen molar-refractivity contribution in [1.29, 1.82) is 0 Å². The second-order valence-electron chi connectivity index (χ2n) is 2.29. The van der Waals surface area contributed by atoms with Gasteiger partial charge in [0, 0.05) is 6.42 Å². The molecular formula is C7H5ClF2O. The molecule has 0 spiro atoms. The highest BCUT2D eigenvalue weighted by Gasteiger charge is 2.36. The number of allylic oxidation sites excluding steroid dienone is 4. The van der Waals surface area contributed by atoms with E-state index >= 15 is 0 Å². The molecule has 0 radical (unpaired) electrons. The third-order valence-corrected chi connectivity index (χ3v) is 1.70. The fourth-order valence-corrected chi connectivity index (χ4v) is 0.933. The SMILES string of the molecule is O=C(Cl)C1(F)C=CC=C(F)C1. The van der Waals surface area contributed by atoms with E-state index in [0.717, 1.165) is 18.2 Å². The van der Waals surface area contributed by atoms with Crippen molar-refractivity contribution in [3.63, 3.8) is 0 Å². The average molecular weight is 179 g/mol. The van der Waals surface area contributed by atoms with Gasteiger partial charge in [-0.2, -0.15) is 0 Å². The van der Waals surface area contributed by atoms with Crippen LogP contribution in [0.3, 0.4) is 0 Å². The van der Waals surface area contributed by atoms with Crippen LogP contribution in [0.15, 0.2) is 24.1 Å². The van der Waals surface area contributed by atoms with Crippen molar-refractivity contribution in [3.05, 3.63) is 24.1 Å². The first-order valence-electron chi connectivity index (χ1n) is 2.97. The summed E-state index contributed by atoms with van der Waals surface area (Å²) in [6, 6.07) is 0. The van der Waals surface area contributed by atoms with Crippen molar-refractivity contribution in [2.75, 3.05) is 0 Å². The van der Waals surface area contributed by atoms with Crippen LogP contribution in [-0.4, -0.2) is 10.9 Å². The fraction of sp³-hybridized carbons (Fsp3) is 0.286. The first kappa shape index (κ1) is 8.40. The first-order chi connectivity index (χ1) is 5.04. The van der Waals surface area contributed by atoms with Crippen molar-refractivity contribution in [1.82, 2.24) is 0 Å². The molecule has 0 aromatic rings. The third kappa shape index (κ3) is 1.66. The maximum Gasteiger partial charge on any atom is 0.263 e. The van der Waals surface area contributed by atoms with Crippen molar-refractivity contribution in [2.24, 2.45) is 0 Å². The number of carbonyl (C=O) groups is 1. The normalized spacial score (nSPS) is 29.9. The van der Waals surface area contributed by atoms with E-state index in [0.29, 0.717) is 0 Å². The lowest BCUT2D eigenvalue weighted by molar-refractivity contribution is -0.119. The molecule has 0 aliphatic heterocycles. The highest BCUT2D eigenvalue weighted by atomic mass is 35.5. The van der Waals surface area contributed by atoms with Gasteiger partial charge in [0.2, 0.25) is 5.67 Å². The van der Waals surface area contributed by atoms with Crippen molar-refractivity contribution in [2.45, 2.75) is 12.1 Å². The van der Waals surface area contributed by atoms with Gasteiger partial charge in [-0.05, 0) is 23.8 Å². The summed E-state index contributed by atoms with van der Waals surface area (Å²) in [6.45, 7) is 0. The maximum absolute atomic E-state index is 13.1. The Morgan fingerprint density at radius 2 is 2.36 bits per heavy atom. The van der Waals surface area contributed by atoms with Crippen LogP contribution in [0.4, 0.5) is 8.78 Å². The van der Waals surface area contributed by atoms with Crippen molar-refractivity contribution in [3.8, 4) is 0 Å². The number of rotatable bonds is 1. The van der Waals surface area contributed by atoms with E-state index in [9.17, 15) is 13.6 Å². The molecule has 0 N–H and O–H groups in total. The van der Waals surface area contributed by atoms with Gasteiger partial charge in [0.25, 0.3) is 5.24 Å². The van der Waals surface area contributed by atoms with Gasteiger partial charge >= 0.3 is 0 Å². The number of alkyl halides is 1. The summed E-state index contributed by atoms with van der Waals surface area (Å²) >= 11 is 4.90. The minimum atomic E-state index is -2.35. The van der Waals surface area contributed by atoms with E-state index in [-0.39, 0.29) is 0 Å². The molecular weight excluding hydrogens is 174 g/mol. The zero-order chi connectivity index (χ0) is 8.48. The van der Waals surface area contributed by atoms with Crippen LogP contribution in [0.2, 0.25) is 0 Å². The average Bonchev–Trinajstić information content (AvgIpc) is 1.86. The Labute approximate surface area is 67.3 Å². The van der Waals surface area contributed by atoms with E-state index in [4.69, 9.17) is 11.6 Å². The van der Waals surface area contributed by atoms with Gasteiger partial charge in [-0.15, -0.1) is 0 Å². The predicted octanol–water partition coefficient (Wildman–Crippen LogP) is 2.27. The lowest BCUT2D eigenvalue weighted by atomic mass is 9.98. The van der Waals surface area contributed by atoms with Crippen molar-refractivity contribution >= 4 is 16.8 Å². The Kier molecular flexibility index (Phi) is 2.09. The Balaban J connectivity index is 2.86. The van der Waals surface area contributed by atoms with Gasteiger partial charge in [-0.25, -0.2) is 8.78 Å². The zero-order valence-corrected chi connectivity index (χ0v) is 6.24. The Morgan fingerprint density at radius 3 is 2.73 bits per heavy atom. The molecule has 1 atom stereocenters. The van der Waals surface area contributed by atoms with Gasteiger partial charge in [-0.3, -0.25) is 4.79 Å². The minimum absolute atomic E-state index is 0.591. The molecule has 0 aromatic carbocycles. The largest absolute Gasteiger partial charge is 0.277 e. The third-order valence-electron chi connectivity index (χ3n) is 1.39.